The number of rotatable bonds is 8. The lowest BCUT2D eigenvalue weighted by Crippen LogP contribution is -2.34. The predicted octanol–water partition coefficient (Wildman–Crippen LogP) is 5.66. The summed E-state index contributed by atoms with van der Waals surface area (Å²) in [5.41, 5.74) is 8.98. The maximum atomic E-state index is 6.68. The number of benzene rings is 4. The van der Waals surface area contributed by atoms with E-state index in [2.05, 4.69) is 36.4 Å². The Kier molecular flexibility index (Phi) is 6.11. The molecule has 3 heteroatoms. The van der Waals surface area contributed by atoms with Gasteiger partial charge in [0, 0.05) is 5.69 Å². The Morgan fingerprint density at radius 2 is 0.967 bits per heavy atom. The van der Waals surface area contributed by atoms with Crippen molar-refractivity contribution in [3.63, 3.8) is 0 Å². The number of hydrogen-bond acceptors (Lipinski definition) is 3. The molecule has 150 valence electrons. The number of nitrogen functional groups attached to an aromatic ring is 1. The lowest BCUT2D eigenvalue weighted by atomic mass is 9.80. The Hall–Kier alpha value is -3.56. The molecule has 4 aromatic rings. The molecule has 0 atom stereocenters. The number of anilines is 1. The number of ether oxygens (including phenoxy) is 2. The van der Waals surface area contributed by atoms with Gasteiger partial charge in [-0.1, -0.05) is 91.0 Å². The van der Waals surface area contributed by atoms with E-state index < -0.39 is 5.60 Å². The summed E-state index contributed by atoms with van der Waals surface area (Å²) < 4.78 is 12.6. The predicted molar refractivity (Wildman–Crippen MR) is 122 cm³/mol. The van der Waals surface area contributed by atoms with Crippen LogP contribution in [0.25, 0.3) is 0 Å². The van der Waals surface area contributed by atoms with Crippen LogP contribution in [0.5, 0.6) is 5.75 Å². The first-order valence-corrected chi connectivity index (χ1v) is 10.1. The van der Waals surface area contributed by atoms with Crippen LogP contribution in [0, 0.1) is 0 Å². The third kappa shape index (κ3) is 4.22. The fraction of sp³-hybridized carbons (Fsp3) is 0.111. The van der Waals surface area contributed by atoms with Crippen LogP contribution in [0.3, 0.4) is 0 Å². The molecular weight excluding hydrogens is 370 g/mol. The molecule has 4 aromatic carbocycles. The Labute approximate surface area is 177 Å². The van der Waals surface area contributed by atoms with Gasteiger partial charge in [-0.05, 0) is 41.0 Å². The molecule has 0 aliphatic heterocycles. The lowest BCUT2D eigenvalue weighted by molar-refractivity contribution is -0.00240. The van der Waals surface area contributed by atoms with Gasteiger partial charge >= 0.3 is 0 Å². The maximum Gasteiger partial charge on any atom is 0.143 e. The van der Waals surface area contributed by atoms with Crippen LogP contribution in [-0.4, -0.2) is 13.2 Å². The van der Waals surface area contributed by atoms with Crippen molar-refractivity contribution in [3.05, 3.63) is 132 Å². The van der Waals surface area contributed by atoms with E-state index in [0.717, 1.165) is 28.1 Å². The van der Waals surface area contributed by atoms with E-state index in [0.29, 0.717) is 13.2 Å². The van der Waals surface area contributed by atoms with Gasteiger partial charge in [-0.25, -0.2) is 0 Å². The van der Waals surface area contributed by atoms with Gasteiger partial charge in [-0.3, -0.25) is 0 Å². The maximum absolute atomic E-state index is 6.68. The third-order valence-electron chi connectivity index (χ3n) is 5.09. The molecule has 0 aromatic heterocycles. The highest BCUT2D eigenvalue weighted by molar-refractivity contribution is 5.47. The van der Waals surface area contributed by atoms with Crippen molar-refractivity contribution in [2.75, 3.05) is 18.9 Å². The molecule has 2 N–H and O–H groups in total. The van der Waals surface area contributed by atoms with E-state index in [9.17, 15) is 0 Å². The van der Waals surface area contributed by atoms with Crippen molar-refractivity contribution >= 4 is 5.69 Å². The van der Waals surface area contributed by atoms with Gasteiger partial charge in [-0.2, -0.15) is 0 Å². The van der Waals surface area contributed by atoms with E-state index in [4.69, 9.17) is 15.2 Å². The summed E-state index contributed by atoms with van der Waals surface area (Å²) in [6, 6.07) is 38.4. The van der Waals surface area contributed by atoms with Crippen LogP contribution in [0.15, 0.2) is 115 Å². The van der Waals surface area contributed by atoms with Crippen LogP contribution >= 0.6 is 0 Å². The fourth-order valence-corrected chi connectivity index (χ4v) is 3.69. The molecule has 0 aliphatic carbocycles. The summed E-state index contributed by atoms with van der Waals surface area (Å²) in [5.74, 6) is 0.775. The Morgan fingerprint density at radius 3 is 1.40 bits per heavy atom. The first-order valence-electron chi connectivity index (χ1n) is 10.1. The number of hydrogen-bond donors (Lipinski definition) is 1. The second-order valence-corrected chi connectivity index (χ2v) is 7.05. The first kappa shape index (κ1) is 19.7. The lowest BCUT2D eigenvalue weighted by Gasteiger charge is -2.36. The summed E-state index contributed by atoms with van der Waals surface area (Å²) in [6.07, 6.45) is 0. The summed E-state index contributed by atoms with van der Waals surface area (Å²) in [5, 5.41) is 0. The highest BCUT2D eigenvalue weighted by Gasteiger charge is 2.37. The van der Waals surface area contributed by atoms with Gasteiger partial charge in [0.15, 0.2) is 0 Å². The Morgan fingerprint density at radius 1 is 0.533 bits per heavy atom. The molecule has 0 spiro atoms. The van der Waals surface area contributed by atoms with Crippen molar-refractivity contribution in [3.8, 4) is 5.75 Å². The average Bonchev–Trinajstić information content (AvgIpc) is 2.82. The topological polar surface area (TPSA) is 44.5 Å². The van der Waals surface area contributed by atoms with E-state index in [1.165, 1.54) is 0 Å². The fourth-order valence-electron chi connectivity index (χ4n) is 3.69. The minimum atomic E-state index is -0.728. The standard InChI is InChI=1S/C27H25NO2/c28-25-16-18-26(19-17-25)29-20-21-30-27(22-10-4-1-5-11-22,23-12-6-2-7-13-23)24-14-8-3-9-15-24/h1-19H,20-21,28H2. The molecule has 30 heavy (non-hydrogen) atoms. The zero-order valence-electron chi connectivity index (χ0n) is 16.8. The van der Waals surface area contributed by atoms with Crippen molar-refractivity contribution in [1.82, 2.24) is 0 Å². The van der Waals surface area contributed by atoms with E-state index >= 15 is 0 Å². The highest BCUT2D eigenvalue weighted by Crippen LogP contribution is 2.40. The average molecular weight is 396 g/mol. The van der Waals surface area contributed by atoms with Crippen molar-refractivity contribution in [2.24, 2.45) is 0 Å². The monoisotopic (exact) mass is 395 g/mol. The Balaban J connectivity index is 1.67. The van der Waals surface area contributed by atoms with E-state index in [1.54, 1.807) is 0 Å². The summed E-state index contributed by atoms with van der Waals surface area (Å²) in [6.45, 7) is 0.848. The molecular formula is C27H25NO2. The largest absolute Gasteiger partial charge is 0.491 e. The third-order valence-corrected chi connectivity index (χ3v) is 5.09. The second kappa shape index (κ2) is 9.29. The SMILES string of the molecule is Nc1ccc(OCCOC(c2ccccc2)(c2ccccc2)c2ccccc2)cc1. The highest BCUT2D eigenvalue weighted by atomic mass is 16.5. The van der Waals surface area contributed by atoms with Gasteiger partial charge in [0.05, 0.1) is 6.61 Å². The Bertz CT molecular complexity index is 936. The molecule has 0 unspecified atom stereocenters. The van der Waals surface area contributed by atoms with Crippen molar-refractivity contribution in [2.45, 2.75) is 5.60 Å². The molecule has 0 aliphatic rings. The smallest absolute Gasteiger partial charge is 0.143 e. The molecule has 0 saturated carbocycles. The van der Waals surface area contributed by atoms with Crippen LogP contribution in [0.2, 0.25) is 0 Å². The van der Waals surface area contributed by atoms with Gasteiger partial charge in [0.1, 0.15) is 18.0 Å². The van der Waals surface area contributed by atoms with Crippen LogP contribution < -0.4 is 10.5 Å². The molecule has 4 rings (SSSR count). The van der Waals surface area contributed by atoms with Gasteiger partial charge in [-0.15, -0.1) is 0 Å². The number of nitrogens with two attached hydrogens (primary N) is 1. The van der Waals surface area contributed by atoms with Gasteiger partial charge in [0.25, 0.3) is 0 Å². The first-order chi connectivity index (χ1) is 14.8. The van der Waals surface area contributed by atoms with Crippen molar-refractivity contribution in [1.29, 1.82) is 0 Å². The van der Waals surface area contributed by atoms with Gasteiger partial charge < -0.3 is 15.2 Å². The van der Waals surface area contributed by atoms with Gasteiger partial charge in [0.2, 0.25) is 0 Å². The van der Waals surface area contributed by atoms with E-state index in [-0.39, 0.29) is 0 Å². The quantitative estimate of drug-likeness (QED) is 0.238. The second-order valence-electron chi connectivity index (χ2n) is 7.05. The molecule has 3 nitrogen and oxygen atoms in total. The molecule has 0 saturated heterocycles. The zero-order chi connectivity index (χ0) is 20.7. The molecule has 0 fully saturated rings. The summed E-state index contributed by atoms with van der Waals surface area (Å²) >= 11 is 0. The minimum Gasteiger partial charge on any atom is -0.491 e. The molecule has 0 bridgehead atoms. The normalized spacial score (nSPS) is 11.2. The minimum absolute atomic E-state index is 0.420. The molecule has 0 heterocycles. The van der Waals surface area contributed by atoms with Crippen LogP contribution in [0.4, 0.5) is 5.69 Å². The summed E-state index contributed by atoms with van der Waals surface area (Å²) in [7, 11) is 0. The zero-order valence-corrected chi connectivity index (χ0v) is 16.8. The van der Waals surface area contributed by atoms with Crippen LogP contribution in [-0.2, 0) is 10.3 Å². The molecule has 0 radical (unpaired) electrons. The van der Waals surface area contributed by atoms with Crippen LogP contribution in [0.1, 0.15) is 16.7 Å². The van der Waals surface area contributed by atoms with Crippen molar-refractivity contribution < 1.29 is 9.47 Å². The summed E-state index contributed by atoms with van der Waals surface area (Å²) in [4.78, 5) is 0. The van der Waals surface area contributed by atoms with E-state index in [1.807, 2.05) is 78.9 Å². The molecule has 0 amide bonds.